The normalized spacial score (nSPS) is 17.9. The van der Waals surface area contributed by atoms with E-state index in [0.29, 0.717) is 29.1 Å². The Bertz CT molecular complexity index is 1200. The highest BCUT2D eigenvalue weighted by atomic mass is 35.5. The molecule has 2 aromatic rings. The average Bonchev–Trinajstić information content (AvgIpc) is 3.08. The third kappa shape index (κ3) is 7.25. The summed E-state index contributed by atoms with van der Waals surface area (Å²) in [6, 6.07) is 6.35. The van der Waals surface area contributed by atoms with Gasteiger partial charge >= 0.3 is 0 Å². The lowest BCUT2D eigenvalue weighted by Crippen LogP contribution is -2.41. The number of carbonyl (C=O) groups is 1. The number of sulfonamides is 1. The topological polar surface area (TPSA) is 113 Å². The van der Waals surface area contributed by atoms with Gasteiger partial charge in [0.1, 0.15) is 11.0 Å². The van der Waals surface area contributed by atoms with Crippen LogP contribution in [0.25, 0.3) is 0 Å². The Balaban J connectivity index is 1.65. The molecule has 1 amide bonds. The smallest absolute Gasteiger partial charge is 0.281 e. The Morgan fingerprint density at radius 2 is 1.97 bits per heavy atom. The first kappa shape index (κ1) is 27.6. The molecule has 2 aromatic heterocycles. The van der Waals surface area contributed by atoms with Crippen molar-refractivity contribution in [1.29, 1.82) is 0 Å². The largest absolute Gasteiger partial charge is 0.370 e. The van der Waals surface area contributed by atoms with Gasteiger partial charge in [0.25, 0.3) is 15.9 Å². The number of carbonyl (C=O) groups excluding carboxylic acids is 1. The molecular formula is C24H36ClN5O3SSi. The third-order valence-corrected chi connectivity index (χ3v) is 9.88. The van der Waals surface area contributed by atoms with E-state index in [1.807, 2.05) is 0 Å². The highest BCUT2D eigenvalue weighted by Gasteiger charge is 2.30. The predicted molar refractivity (Wildman–Crippen MR) is 144 cm³/mol. The molecule has 3 N–H and O–H groups in total. The number of nitrogens with one attached hydrogen (secondary N) is 3. The van der Waals surface area contributed by atoms with Crippen molar-refractivity contribution < 1.29 is 13.2 Å². The highest BCUT2D eigenvalue weighted by molar-refractivity contribution is 7.90. The van der Waals surface area contributed by atoms with E-state index < -0.39 is 24.0 Å². The van der Waals surface area contributed by atoms with Gasteiger partial charge < -0.3 is 10.6 Å². The fourth-order valence-electron chi connectivity index (χ4n) is 4.32. The maximum Gasteiger partial charge on any atom is 0.281 e. The summed E-state index contributed by atoms with van der Waals surface area (Å²) in [5.74, 6) is 0.351. The van der Waals surface area contributed by atoms with E-state index in [2.05, 4.69) is 58.8 Å². The lowest BCUT2D eigenvalue weighted by Gasteiger charge is -2.19. The fraction of sp³-hybridized carbons (Fsp3) is 0.542. The van der Waals surface area contributed by atoms with E-state index in [1.165, 1.54) is 6.07 Å². The zero-order chi connectivity index (χ0) is 26.0. The third-order valence-electron chi connectivity index (χ3n) is 6.21. The molecule has 0 radical (unpaired) electrons. The molecule has 11 heteroatoms. The lowest BCUT2D eigenvalue weighted by atomic mass is 9.94. The fourth-order valence-corrected chi connectivity index (χ4v) is 7.54. The van der Waals surface area contributed by atoms with Crippen LogP contribution in [0.5, 0.6) is 0 Å². The van der Waals surface area contributed by atoms with Gasteiger partial charge in [-0.25, -0.2) is 14.7 Å². The van der Waals surface area contributed by atoms with Gasteiger partial charge in [0.15, 0.2) is 5.03 Å². The van der Waals surface area contributed by atoms with Crippen molar-refractivity contribution >= 4 is 46.6 Å². The standard InChI is InChI=1S/C24H36ClN5O3SSi/c1-16-18(13-19(22(25)28-16)35(4,5)6)23(31)30-34(32,33)21-11-7-10-20(29-21)26-12-8-9-17-14-24(2,3)27-15-17/h7,10-11,13,17,27H,8-9,12,14-15H2,1-6H3,(H,26,29)(H,30,31)/t17-/m0/s1. The van der Waals surface area contributed by atoms with Crippen LogP contribution in [0.3, 0.4) is 0 Å². The Kier molecular flexibility index (Phi) is 8.30. The molecular weight excluding hydrogens is 502 g/mol. The molecule has 0 saturated carbocycles. The van der Waals surface area contributed by atoms with Crippen molar-refractivity contribution in [2.45, 2.75) is 70.2 Å². The summed E-state index contributed by atoms with van der Waals surface area (Å²) in [6.45, 7) is 14.0. The summed E-state index contributed by atoms with van der Waals surface area (Å²) >= 11 is 6.29. The molecule has 1 atom stereocenters. The molecule has 1 aliphatic rings. The number of anilines is 1. The summed E-state index contributed by atoms with van der Waals surface area (Å²) < 4.78 is 28.0. The van der Waals surface area contributed by atoms with Crippen LogP contribution in [0.4, 0.5) is 5.82 Å². The van der Waals surface area contributed by atoms with Gasteiger partial charge in [-0.05, 0) is 75.9 Å². The monoisotopic (exact) mass is 537 g/mol. The molecule has 0 aromatic carbocycles. The second-order valence-corrected chi connectivity index (χ2v) is 17.9. The second kappa shape index (κ2) is 10.5. The molecule has 0 bridgehead atoms. The number of amides is 1. The quantitative estimate of drug-likeness (QED) is 0.254. The van der Waals surface area contributed by atoms with Gasteiger partial charge in [0, 0.05) is 12.1 Å². The van der Waals surface area contributed by atoms with Crippen molar-refractivity contribution in [3.05, 3.63) is 40.7 Å². The van der Waals surface area contributed by atoms with Gasteiger partial charge in [-0.3, -0.25) is 4.79 Å². The van der Waals surface area contributed by atoms with Crippen LogP contribution in [0.1, 0.15) is 49.2 Å². The van der Waals surface area contributed by atoms with Crippen LogP contribution >= 0.6 is 11.6 Å². The van der Waals surface area contributed by atoms with Crippen molar-refractivity contribution in [3.8, 4) is 0 Å². The highest BCUT2D eigenvalue weighted by Crippen LogP contribution is 2.26. The first-order valence-electron chi connectivity index (χ1n) is 11.9. The van der Waals surface area contributed by atoms with Gasteiger partial charge in [-0.1, -0.05) is 37.3 Å². The Labute approximate surface area is 214 Å². The molecule has 1 saturated heterocycles. The van der Waals surface area contributed by atoms with Gasteiger partial charge in [-0.2, -0.15) is 8.42 Å². The molecule has 8 nitrogen and oxygen atoms in total. The maximum atomic E-state index is 12.9. The van der Waals surface area contributed by atoms with Crippen LogP contribution < -0.4 is 20.5 Å². The van der Waals surface area contributed by atoms with E-state index in [1.54, 1.807) is 25.1 Å². The number of halogens is 1. The number of aromatic nitrogens is 2. The minimum Gasteiger partial charge on any atom is -0.370 e. The van der Waals surface area contributed by atoms with E-state index in [0.717, 1.165) is 31.0 Å². The number of pyridine rings is 2. The summed E-state index contributed by atoms with van der Waals surface area (Å²) in [6.07, 6.45) is 3.20. The zero-order valence-corrected chi connectivity index (χ0v) is 23.9. The van der Waals surface area contributed by atoms with Crippen molar-refractivity contribution in [2.24, 2.45) is 5.92 Å². The van der Waals surface area contributed by atoms with E-state index in [-0.39, 0.29) is 16.1 Å². The first-order valence-corrected chi connectivity index (χ1v) is 17.2. The number of hydrogen-bond donors (Lipinski definition) is 3. The molecule has 1 aliphatic heterocycles. The SMILES string of the molecule is Cc1nc(Cl)c([Si](C)(C)C)cc1C(=O)NS(=O)(=O)c1cccc(NCCC[C@@H]2CNC(C)(C)C2)n1. The summed E-state index contributed by atoms with van der Waals surface area (Å²) in [7, 11) is -6.06. The molecule has 0 aliphatic carbocycles. The lowest BCUT2D eigenvalue weighted by molar-refractivity contribution is 0.0980. The summed E-state index contributed by atoms with van der Waals surface area (Å²) in [5.41, 5.74) is 0.757. The van der Waals surface area contributed by atoms with Gasteiger partial charge in [0.2, 0.25) is 0 Å². The molecule has 35 heavy (non-hydrogen) atoms. The van der Waals surface area contributed by atoms with Crippen molar-refractivity contribution in [1.82, 2.24) is 20.0 Å². The predicted octanol–water partition coefficient (Wildman–Crippen LogP) is 3.68. The van der Waals surface area contributed by atoms with Gasteiger partial charge in [-0.15, -0.1) is 0 Å². The first-order chi connectivity index (χ1) is 16.2. The molecule has 3 rings (SSSR count). The second-order valence-electron chi connectivity index (χ2n) is 10.9. The molecule has 0 spiro atoms. The summed E-state index contributed by atoms with van der Waals surface area (Å²) in [4.78, 5) is 21.4. The molecule has 3 heterocycles. The Morgan fingerprint density at radius 1 is 1.26 bits per heavy atom. The van der Waals surface area contributed by atoms with E-state index in [4.69, 9.17) is 11.6 Å². The van der Waals surface area contributed by atoms with Gasteiger partial charge in [0.05, 0.1) is 19.3 Å². The number of aryl methyl sites for hydroxylation is 1. The minimum atomic E-state index is -4.17. The molecule has 0 unspecified atom stereocenters. The number of hydrogen-bond acceptors (Lipinski definition) is 7. The van der Waals surface area contributed by atoms with E-state index >= 15 is 0 Å². The van der Waals surface area contributed by atoms with E-state index in [9.17, 15) is 13.2 Å². The van der Waals surface area contributed by atoms with Crippen LogP contribution in [-0.2, 0) is 10.0 Å². The Hall–Kier alpha value is -2.01. The van der Waals surface area contributed by atoms with Crippen LogP contribution in [-0.4, -0.2) is 51.0 Å². The zero-order valence-electron chi connectivity index (χ0n) is 21.3. The van der Waals surface area contributed by atoms with Crippen molar-refractivity contribution in [2.75, 3.05) is 18.4 Å². The van der Waals surface area contributed by atoms with Crippen LogP contribution in [0.2, 0.25) is 24.8 Å². The number of rotatable bonds is 9. The maximum absolute atomic E-state index is 12.9. The summed E-state index contributed by atoms with van der Waals surface area (Å²) in [5, 5.41) is 7.66. The van der Waals surface area contributed by atoms with Crippen LogP contribution in [0, 0.1) is 12.8 Å². The average molecular weight is 538 g/mol. The number of nitrogens with zero attached hydrogens (tertiary/aromatic N) is 2. The Morgan fingerprint density at radius 3 is 2.60 bits per heavy atom. The minimum absolute atomic E-state index is 0.189. The van der Waals surface area contributed by atoms with Crippen LogP contribution in [0.15, 0.2) is 29.3 Å². The molecule has 192 valence electrons. The van der Waals surface area contributed by atoms with Crippen molar-refractivity contribution in [3.63, 3.8) is 0 Å². The molecule has 1 fully saturated rings.